The molecule has 2 aromatic carbocycles. The first kappa shape index (κ1) is 18.4. The first-order chi connectivity index (χ1) is 11.3. The molecule has 0 spiro atoms. The van der Waals surface area contributed by atoms with E-state index in [4.69, 9.17) is 15.2 Å². The fourth-order valence-electron chi connectivity index (χ4n) is 2.62. The fraction of sp³-hybridized carbons (Fsp3) is 0.278. The third-order valence-corrected chi connectivity index (χ3v) is 3.87. The van der Waals surface area contributed by atoms with Gasteiger partial charge in [0.25, 0.3) is 0 Å². The molecule has 5 nitrogen and oxygen atoms in total. The predicted octanol–water partition coefficient (Wildman–Crippen LogP) is 3.24. The van der Waals surface area contributed by atoms with Crippen LogP contribution in [0.15, 0.2) is 53.5 Å². The molecule has 0 amide bonds. The molecule has 0 bridgehead atoms. The highest BCUT2D eigenvalue weighted by Gasteiger charge is 2.21. The second kappa shape index (κ2) is 8.77. The van der Waals surface area contributed by atoms with Crippen molar-refractivity contribution < 1.29 is 9.47 Å². The summed E-state index contributed by atoms with van der Waals surface area (Å²) in [6.45, 7) is 1.22. The number of nitrogens with two attached hydrogens (primary N) is 1. The van der Waals surface area contributed by atoms with E-state index >= 15 is 0 Å². The summed E-state index contributed by atoms with van der Waals surface area (Å²) in [6.07, 6.45) is 0.871. The number of hydrogen-bond donors (Lipinski definition) is 2. The number of guanidine groups is 1. The Morgan fingerprint density at radius 3 is 2.75 bits per heavy atom. The second-order valence-corrected chi connectivity index (χ2v) is 5.42. The molecule has 1 aliphatic heterocycles. The highest BCUT2D eigenvalue weighted by molar-refractivity contribution is 14.0. The van der Waals surface area contributed by atoms with Crippen LogP contribution in [0.25, 0.3) is 0 Å². The van der Waals surface area contributed by atoms with Crippen molar-refractivity contribution in [2.24, 2.45) is 10.7 Å². The number of fused-ring (bicyclic) bond motifs is 1. The molecular formula is C18H22IN3O2. The average molecular weight is 439 g/mol. The molecule has 24 heavy (non-hydrogen) atoms. The van der Waals surface area contributed by atoms with Gasteiger partial charge < -0.3 is 20.5 Å². The number of ether oxygens (including phenoxy) is 2. The van der Waals surface area contributed by atoms with Crippen molar-refractivity contribution in [2.45, 2.75) is 19.0 Å². The van der Waals surface area contributed by atoms with Crippen LogP contribution in [0.5, 0.6) is 11.5 Å². The monoisotopic (exact) mass is 439 g/mol. The topological polar surface area (TPSA) is 68.9 Å². The summed E-state index contributed by atoms with van der Waals surface area (Å²) in [7, 11) is 1.65. The van der Waals surface area contributed by atoms with Crippen LogP contribution < -0.4 is 20.5 Å². The molecule has 3 N–H and O–H groups in total. The van der Waals surface area contributed by atoms with Crippen molar-refractivity contribution in [1.82, 2.24) is 5.32 Å². The average Bonchev–Trinajstić information content (AvgIpc) is 2.61. The number of halogens is 1. The van der Waals surface area contributed by atoms with Gasteiger partial charge in [-0.3, -0.25) is 0 Å². The van der Waals surface area contributed by atoms with Crippen molar-refractivity contribution in [1.29, 1.82) is 0 Å². The van der Waals surface area contributed by atoms with Crippen molar-refractivity contribution in [3.05, 3.63) is 59.7 Å². The summed E-state index contributed by atoms with van der Waals surface area (Å²) >= 11 is 0. The zero-order valence-electron chi connectivity index (χ0n) is 13.6. The molecule has 2 aromatic rings. The van der Waals surface area contributed by atoms with Crippen molar-refractivity contribution in [3.8, 4) is 11.5 Å². The van der Waals surface area contributed by atoms with Crippen LogP contribution in [0, 0.1) is 0 Å². The lowest BCUT2D eigenvalue weighted by Crippen LogP contribution is -2.37. The van der Waals surface area contributed by atoms with Crippen molar-refractivity contribution in [3.63, 3.8) is 0 Å². The van der Waals surface area contributed by atoms with E-state index < -0.39 is 0 Å². The summed E-state index contributed by atoms with van der Waals surface area (Å²) in [5, 5.41) is 3.29. The van der Waals surface area contributed by atoms with Crippen LogP contribution in [0.3, 0.4) is 0 Å². The van der Waals surface area contributed by atoms with Gasteiger partial charge in [0.1, 0.15) is 11.5 Å². The van der Waals surface area contributed by atoms with Gasteiger partial charge in [-0.15, -0.1) is 24.0 Å². The van der Waals surface area contributed by atoms with E-state index in [1.807, 2.05) is 42.5 Å². The number of aliphatic imine (C=N–C) groups is 1. The lowest BCUT2D eigenvalue weighted by molar-refractivity contribution is 0.262. The van der Waals surface area contributed by atoms with Crippen molar-refractivity contribution >= 4 is 29.9 Å². The van der Waals surface area contributed by atoms with E-state index in [0.717, 1.165) is 29.0 Å². The summed E-state index contributed by atoms with van der Waals surface area (Å²) in [6, 6.07) is 16.0. The smallest absolute Gasteiger partial charge is 0.189 e. The SMILES string of the molecule is COc1ccc(CN=C(N)NC2CCOc3ccccc32)cc1.I. The molecule has 0 saturated carbocycles. The largest absolute Gasteiger partial charge is 0.497 e. The van der Waals surface area contributed by atoms with Gasteiger partial charge in [0.2, 0.25) is 0 Å². The van der Waals surface area contributed by atoms with Gasteiger partial charge in [-0.1, -0.05) is 30.3 Å². The number of methoxy groups -OCH3 is 1. The molecule has 0 aliphatic carbocycles. The zero-order chi connectivity index (χ0) is 16.1. The first-order valence-corrected chi connectivity index (χ1v) is 7.67. The van der Waals surface area contributed by atoms with Gasteiger partial charge in [-0.25, -0.2) is 4.99 Å². The van der Waals surface area contributed by atoms with E-state index in [9.17, 15) is 0 Å². The van der Waals surface area contributed by atoms with E-state index in [1.165, 1.54) is 0 Å². The third kappa shape index (κ3) is 4.53. The highest BCUT2D eigenvalue weighted by Crippen LogP contribution is 2.31. The van der Waals surface area contributed by atoms with Gasteiger partial charge in [0.05, 0.1) is 26.3 Å². The van der Waals surface area contributed by atoms with Crippen LogP contribution >= 0.6 is 24.0 Å². The molecule has 1 atom stereocenters. The molecule has 128 valence electrons. The minimum absolute atomic E-state index is 0. The van der Waals surface area contributed by atoms with Crippen LogP contribution in [0.1, 0.15) is 23.6 Å². The quantitative estimate of drug-likeness (QED) is 0.436. The van der Waals surface area contributed by atoms with Gasteiger partial charge in [-0.2, -0.15) is 0 Å². The number of benzene rings is 2. The Kier molecular flexibility index (Phi) is 6.72. The maximum absolute atomic E-state index is 6.04. The lowest BCUT2D eigenvalue weighted by atomic mass is 10.0. The van der Waals surface area contributed by atoms with Crippen molar-refractivity contribution in [2.75, 3.05) is 13.7 Å². The molecule has 0 radical (unpaired) electrons. The van der Waals surface area contributed by atoms with Gasteiger partial charge in [0, 0.05) is 12.0 Å². The molecule has 1 aliphatic rings. The number of rotatable bonds is 4. The fourth-order valence-corrected chi connectivity index (χ4v) is 2.62. The van der Waals surface area contributed by atoms with Gasteiger partial charge >= 0.3 is 0 Å². The Labute approximate surface area is 159 Å². The summed E-state index contributed by atoms with van der Waals surface area (Å²) in [5.41, 5.74) is 8.25. The first-order valence-electron chi connectivity index (χ1n) is 7.67. The minimum Gasteiger partial charge on any atom is -0.497 e. The minimum atomic E-state index is 0. The van der Waals surface area contributed by atoms with E-state index in [1.54, 1.807) is 7.11 Å². The van der Waals surface area contributed by atoms with Crippen LogP contribution in [0.2, 0.25) is 0 Å². The van der Waals surface area contributed by atoms with Gasteiger partial charge in [-0.05, 0) is 23.8 Å². The van der Waals surface area contributed by atoms with Crippen LogP contribution in [-0.2, 0) is 6.54 Å². The molecule has 0 fully saturated rings. The van der Waals surface area contributed by atoms with E-state index in [2.05, 4.69) is 16.4 Å². The standard InChI is InChI=1S/C18H21N3O2.HI/c1-22-14-8-6-13(7-9-14)12-20-18(19)21-16-10-11-23-17-5-3-2-4-15(16)17;/h2-9,16H,10-12H2,1H3,(H3,19,20,21);1H. The molecule has 3 rings (SSSR count). The molecule has 1 heterocycles. The normalized spacial score (nSPS) is 16.4. The summed E-state index contributed by atoms with van der Waals surface area (Å²) < 4.78 is 10.8. The maximum atomic E-state index is 6.04. The number of hydrogen-bond acceptors (Lipinski definition) is 3. The molecule has 1 unspecified atom stereocenters. The molecule has 0 aromatic heterocycles. The predicted molar refractivity (Wildman–Crippen MR) is 106 cm³/mol. The summed E-state index contributed by atoms with van der Waals surface area (Å²) in [4.78, 5) is 4.42. The molecular weight excluding hydrogens is 417 g/mol. The number of nitrogens with zero attached hydrogens (tertiary/aromatic N) is 1. The Hall–Kier alpha value is -1.96. The zero-order valence-corrected chi connectivity index (χ0v) is 15.9. The van der Waals surface area contributed by atoms with E-state index in [0.29, 0.717) is 19.1 Å². The third-order valence-electron chi connectivity index (χ3n) is 3.87. The van der Waals surface area contributed by atoms with E-state index in [-0.39, 0.29) is 30.0 Å². The van der Waals surface area contributed by atoms with Gasteiger partial charge in [0.15, 0.2) is 5.96 Å². The maximum Gasteiger partial charge on any atom is 0.189 e. The summed E-state index contributed by atoms with van der Waals surface area (Å²) in [5.74, 6) is 2.20. The Balaban J connectivity index is 0.00000208. The second-order valence-electron chi connectivity index (χ2n) is 5.42. The molecule has 6 heteroatoms. The Morgan fingerprint density at radius 2 is 2.00 bits per heavy atom. The number of nitrogens with one attached hydrogen (secondary N) is 1. The Bertz CT molecular complexity index is 689. The highest BCUT2D eigenvalue weighted by atomic mass is 127. The Morgan fingerprint density at radius 1 is 1.25 bits per heavy atom. The lowest BCUT2D eigenvalue weighted by Gasteiger charge is -2.26. The number of para-hydroxylation sites is 1. The van der Waals surface area contributed by atoms with Crippen LogP contribution in [-0.4, -0.2) is 19.7 Å². The molecule has 0 saturated heterocycles. The van der Waals surface area contributed by atoms with Crippen LogP contribution in [0.4, 0.5) is 0 Å².